The number of carbonyl (C=O) groups excluding carboxylic acids is 5. The molecule has 0 bridgehead atoms. The van der Waals surface area contributed by atoms with Gasteiger partial charge >= 0.3 is 5.97 Å². The number of carbonyl (C=O) groups is 5. The highest BCUT2D eigenvalue weighted by Crippen LogP contribution is 1.92. The Kier molecular flexibility index (Phi) is 13.7. The van der Waals surface area contributed by atoms with Gasteiger partial charge in [-0.15, -0.1) is 0 Å². The maximum absolute atomic E-state index is 11.3. The van der Waals surface area contributed by atoms with E-state index in [0.29, 0.717) is 0 Å². The second kappa shape index (κ2) is 15.6. The smallest absolute Gasteiger partial charge is 0.304 e. The third-order valence-electron chi connectivity index (χ3n) is 3.01. The Morgan fingerprint density at radius 1 is 0.793 bits per heavy atom. The molecule has 6 N–H and O–H groups in total. The number of nitrogens with two attached hydrogens (primary N) is 1. The van der Waals surface area contributed by atoms with E-state index in [0.717, 1.165) is 0 Å². The minimum Gasteiger partial charge on any atom is -0.445 e. The van der Waals surface area contributed by atoms with E-state index in [2.05, 4.69) is 45.1 Å². The van der Waals surface area contributed by atoms with Crippen molar-refractivity contribution in [3.63, 3.8) is 0 Å². The molecule has 0 fully saturated rings. The number of rotatable bonds is 9. The van der Waals surface area contributed by atoms with Gasteiger partial charge in [0.05, 0.1) is 26.2 Å². The Hall–Kier alpha value is -3.47. The fourth-order valence-electron chi connectivity index (χ4n) is 1.55. The van der Waals surface area contributed by atoms with Crippen LogP contribution in [0.3, 0.4) is 0 Å². The maximum Gasteiger partial charge on any atom is 0.304 e. The molecule has 29 heavy (non-hydrogen) atoms. The summed E-state index contributed by atoms with van der Waals surface area (Å²) in [6.45, 7) is 1.75. The zero-order valence-corrected chi connectivity index (χ0v) is 16.4. The summed E-state index contributed by atoms with van der Waals surface area (Å²) in [6, 6.07) is 10.3. The molecule has 0 unspecified atom stereocenters. The highest BCUT2D eigenvalue weighted by Gasteiger charge is 2.08. The van der Waals surface area contributed by atoms with Crippen molar-refractivity contribution in [1.29, 1.82) is 0 Å². The van der Waals surface area contributed by atoms with Crippen LogP contribution in [0.2, 0.25) is 0 Å². The predicted molar refractivity (Wildman–Crippen MR) is 104 cm³/mol. The van der Waals surface area contributed by atoms with Crippen LogP contribution in [0.1, 0.15) is 12.5 Å². The average Bonchev–Trinajstić information content (AvgIpc) is 2.69. The van der Waals surface area contributed by atoms with Crippen LogP contribution in [0.5, 0.6) is 0 Å². The Morgan fingerprint density at radius 2 is 1.24 bits per heavy atom. The lowest BCUT2D eigenvalue weighted by atomic mass is 10.2. The van der Waals surface area contributed by atoms with Crippen LogP contribution < -0.4 is 27.0 Å². The minimum atomic E-state index is -0.596. The Balaban J connectivity index is 0.000000929. The van der Waals surface area contributed by atoms with Crippen molar-refractivity contribution in [3.8, 4) is 0 Å². The van der Waals surface area contributed by atoms with Gasteiger partial charge in [0.15, 0.2) is 6.73 Å². The molecule has 0 saturated heterocycles. The van der Waals surface area contributed by atoms with Crippen LogP contribution >= 0.6 is 0 Å². The SMILES string of the molecule is CC(=O)OCNC(=O)CNC(=O)CNC(=O)CNC(=O)CN.Cc1ccccc1. The van der Waals surface area contributed by atoms with E-state index in [1.165, 1.54) is 12.5 Å². The third-order valence-corrected chi connectivity index (χ3v) is 3.01. The molecule has 0 radical (unpaired) electrons. The molecule has 160 valence electrons. The van der Waals surface area contributed by atoms with Gasteiger partial charge in [-0.3, -0.25) is 24.0 Å². The van der Waals surface area contributed by atoms with Gasteiger partial charge < -0.3 is 31.7 Å². The van der Waals surface area contributed by atoms with Crippen LogP contribution in [0, 0.1) is 6.92 Å². The first-order valence-corrected chi connectivity index (χ1v) is 8.66. The van der Waals surface area contributed by atoms with Crippen LogP contribution in [0.15, 0.2) is 30.3 Å². The van der Waals surface area contributed by atoms with Gasteiger partial charge in [0.2, 0.25) is 23.6 Å². The number of amides is 4. The fraction of sp³-hybridized carbons (Fsp3) is 0.389. The summed E-state index contributed by atoms with van der Waals surface area (Å²) in [5.74, 6) is -2.77. The van der Waals surface area contributed by atoms with Crippen molar-refractivity contribution in [2.24, 2.45) is 5.73 Å². The zero-order valence-electron chi connectivity index (χ0n) is 16.4. The Bertz CT molecular complexity index is 681. The van der Waals surface area contributed by atoms with E-state index in [9.17, 15) is 24.0 Å². The summed E-state index contributed by atoms with van der Waals surface area (Å²) in [4.78, 5) is 55.0. The number of nitrogens with one attached hydrogen (secondary N) is 4. The standard InChI is InChI=1S/C11H19N5O6.C7H8/c1-7(17)22-6-16-11(21)5-15-10(20)4-14-9(19)3-13-8(18)2-12;1-7-5-3-2-4-6-7/h2-6,12H2,1H3,(H,13,18)(H,14,19)(H,15,20)(H,16,21);2-6H,1H3. The molecule has 0 heterocycles. The average molecular weight is 409 g/mol. The fourth-order valence-corrected chi connectivity index (χ4v) is 1.55. The Labute approximate surface area is 168 Å². The number of aryl methyl sites for hydroxylation is 1. The summed E-state index contributed by atoms with van der Waals surface area (Å²) in [5.41, 5.74) is 6.35. The third kappa shape index (κ3) is 16.4. The van der Waals surface area contributed by atoms with Crippen molar-refractivity contribution >= 4 is 29.6 Å². The topological polar surface area (TPSA) is 169 Å². The molecule has 0 spiro atoms. The molecule has 11 nitrogen and oxygen atoms in total. The summed E-state index contributed by atoms with van der Waals surface area (Å²) < 4.78 is 4.47. The first-order valence-electron chi connectivity index (χ1n) is 8.66. The molecule has 1 aromatic rings. The van der Waals surface area contributed by atoms with Crippen LogP contribution in [-0.2, 0) is 28.7 Å². The van der Waals surface area contributed by atoms with Gasteiger partial charge in [0.1, 0.15) is 0 Å². The Morgan fingerprint density at radius 3 is 1.62 bits per heavy atom. The molecule has 0 aliphatic heterocycles. The summed E-state index contributed by atoms with van der Waals surface area (Å²) in [7, 11) is 0. The van der Waals surface area contributed by atoms with Crippen molar-refractivity contribution in [2.75, 3.05) is 32.9 Å². The normalized spacial score (nSPS) is 9.21. The highest BCUT2D eigenvalue weighted by atomic mass is 16.5. The lowest BCUT2D eigenvalue weighted by molar-refractivity contribution is -0.143. The second-order valence-corrected chi connectivity index (χ2v) is 5.57. The lowest BCUT2D eigenvalue weighted by Gasteiger charge is -2.08. The van der Waals surface area contributed by atoms with Crippen molar-refractivity contribution < 1.29 is 28.7 Å². The molecular formula is C18H27N5O6. The highest BCUT2D eigenvalue weighted by molar-refractivity contribution is 5.90. The van der Waals surface area contributed by atoms with E-state index in [-0.39, 0.29) is 32.9 Å². The van der Waals surface area contributed by atoms with E-state index < -0.39 is 29.6 Å². The molecule has 0 atom stereocenters. The molecular weight excluding hydrogens is 382 g/mol. The van der Waals surface area contributed by atoms with Gasteiger partial charge in [-0.05, 0) is 6.92 Å². The summed E-state index contributed by atoms with van der Waals surface area (Å²) in [5, 5.41) is 8.93. The summed E-state index contributed by atoms with van der Waals surface area (Å²) >= 11 is 0. The quantitative estimate of drug-likeness (QED) is 0.230. The first-order chi connectivity index (χ1) is 13.7. The van der Waals surface area contributed by atoms with Gasteiger partial charge in [0, 0.05) is 6.92 Å². The molecule has 1 rings (SSSR count). The van der Waals surface area contributed by atoms with Crippen LogP contribution in [-0.4, -0.2) is 62.5 Å². The molecule has 0 aliphatic rings. The van der Waals surface area contributed by atoms with Crippen molar-refractivity contribution in [3.05, 3.63) is 35.9 Å². The lowest BCUT2D eigenvalue weighted by Crippen LogP contribution is -2.45. The van der Waals surface area contributed by atoms with Crippen molar-refractivity contribution in [2.45, 2.75) is 13.8 Å². The number of esters is 1. The summed E-state index contributed by atoms with van der Waals surface area (Å²) in [6.07, 6.45) is 0. The molecule has 0 aliphatic carbocycles. The molecule has 0 aromatic heterocycles. The van der Waals surface area contributed by atoms with Gasteiger partial charge in [-0.1, -0.05) is 35.9 Å². The predicted octanol–water partition coefficient (Wildman–Crippen LogP) is -2.07. The molecule has 0 saturated carbocycles. The van der Waals surface area contributed by atoms with Crippen LogP contribution in [0.25, 0.3) is 0 Å². The van der Waals surface area contributed by atoms with Gasteiger partial charge in [-0.25, -0.2) is 0 Å². The van der Waals surface area contributed by atoms with E-state index in [1.807, 2.05) is 18.2 Å². The minimum absolute atomic E-state index is 0.240. The molecule has 4 amide bonds. The largest absolute Gasteiger partial charge is 0.445 e. The van der Waals surface area contributed by atoms with Gasteiger partial charge in [0.25, 0.3) is 0 Å². The maximum atomic E-state index is 11.3. The van der Waals surface area contributed by atoms with Crippen molar-refractivity contribution in [1.82, 2.24) is 21.3 Å². The van der Waals surface area contributed by atoms with Gasteiger partial charge in [-0.2, -0.15) is 0 Å². The monoisotopic (exact) mass is 409 g/mol. The molecule has 1 aromatic carbocycles. The number of hydrogen-bond donors (Lipinski definition) is 5. The number of ether oxygens (including phenoxy) is 1. The van der Waals surface area contributed by atoms with E-state index >= 15 is 0 Å². The van der Waals surface area contributed by atoms with Crippen LogP contribution in [0.4, 0.5) is 0 Å². The second-order valence-electron chi connectivity index (χ2n) is 5.57. The molecule has 11 heteroatoms. The first kappa shape index (κ1) is 25.5. The van der Waals surface area contributed by atoms with E-state index in [1.54, 1.807) is 0 Å². The number of hydrogen-bond acceptors (Lipinski definition) is 7. The van der Waals surface area contributed by atoms with E-state index in [4.69, 9.17) is 5.73 Å². The number of benzene rings is 1. The zero-order chi connectivity index (χ0) is 22.1.